The number of amides is 2. The van der Waals surface area contributed by atoms with Crippen LogP contribution in [0.25, 0.3) is 6.08 Å². The molecule has 2 aromatic carbocycles. The molecule has 1 atom stereocenters. The number of rotatable bonds is 5. The first-order valence-electron chi connectivity index (χ1n) is 9.24. The van der Waals surface area contributed by atoms with E-state index in [0.29, 0.717) is 16.3 Å². The Bertz CT molecular complexity index is 1000. The van der Waals surface area contributed by atoms with Gasteiger partial charge < -0.3 is 4.74 Å². The average Bonchev–Trinajstić information content (AvgIpc) is 2.69. The molecule has 0 radical (unpaired) electrons. The standard InChI is InChI=1S/C22H21ClN2O3S/c1-4-14(3)28-17-9-6-15(7-10-17)11-18-20(26)24-22(29)25(21(18)27)16-8-5-13(2)19(23)12-16/h5-12,14H,4H2,1-3H3,(H,24,26,29)/b18-11+/t14-/m1/s1. The van der Waals surface area contributed by atoms with Crippen molar-refractivity contribution in [2.24, 2.45) is 0 Å². The van der Waals surface area contributed by atoms with Gasteiger partial charge in [0.05, 0.1) is 11.8 Å². The van der Waals surface area contributed by atoms with Crippen LogP contribution in [0.1, 0.15) is 31.4 Å². The number of thiocarbonyl (C=S) groups is 1. The first kappa shape index (κ1) is 21.0. The third kappa shape index (κ3) is 4.66. The molecule has 1 fully saturated rings. The molecule has 0 saturated carbocycles. The number of hydrogen-bond donors (Lipinski definition) is 1. The van der Waals surface area contributed by atoms with Gasteiger partial charge in [-0.05, 0) is 74.0 Å². The topological polar surface area (TPSA) is 58.6 Å². The predicted octanol–water partition coefficient (Wildman–Crippen LogP) is 4.66. The quantitative estimate of drug-likeness (QED) is 0.427. The van der Waals surface area contributed by atoms with Crippen molar-refractivity contribution in [3.8, 4) is 5.75 Å². The highest BCUT2D eigenvalue weighted by atomic mass is 35.5. The van der Waals surface area contributed by atoms with Gasteiger partial charge in [0.1, 0.15) is 11.3 Å². The molecule has 5 nitrogen and oxygen atoms in total. The maximum atomic E-state index is 13.0. The molecule has 1 saturated heterocycles. The fourth-order valence-corrected chi connectivity index (χ4v) is 3.19. The number of aryl methyl sites for hydroxylation is 1. The maximum Gasteiger partial charge on any atom is 0.270 e. The molecule has 3 rings (SSSR count). The lowest BCUT2D eigenvalue weighted by molar-refractivity contribution is -0.122. The van der Waals surface area contributed by atoms with Crippen LogP contribution >= 0.6 is 23.8 Å². The highest BCUT2D eigenvalue weighted by Crippen LogP contribution is 2.27. The summed E-state index contributed by atoms with van der Waals surface area (Å²) in [7, 11) is 0. The van der Waals surface area contributed by atoms with Crippen molar-refractivity contribution >= 4 is 52.5 Å². The van der Waals surface area contributed by atoms with E-state index in [-0.39, 0.29) is 16.8 Å². The van der Waals surface area contributed by atoms with Gasteiger partial charge in [0, 0.05) is 5.02 Å². The molecular weight excluding hydrogens is 408 g/mol. The second-order valence-electron chi connectivity index (χ2n) is 6.80. The molecule has 29 heavy (non-hydrogen) atoms. The van der Waals surface area contributed by atoms with E-state index in [9.17, 15) is 9.59 Å². The lowest BCUT2D eigenvalue weighted by Crippen LogP contribution is -2.54. The monoisotopic (exact) mass is 428 g/mol. The van der Waals surface area contributed by atoms with Crippen LogP contribution in [0.4, 0.5) is 5.69 Å². The van der Waals surface area contributed by atoms with Crippen LogP contribution in [0.3, 0.4) is 0 Å². The van der Waals surface area contributed by atoms with E-state index in [0.717, 1.165) is 17.7 Å². The Morgan fingerprint density at radius 2 is 1.90 bits per heavy atom. The number of benzene rings is 2. The third-order valence-electron chi connectivity index (χ3n) is 4.62. The Hall–Kier alpha value is -2.70. The summed E-state index contributed by atoms with van der Waals surface area (Å²) in [5.74, 6) is -0.300. The summed E-state index contributed by atoms with van der Waals surface area (Å²) in [4.78, 5) is 26.7. The highest BCUT2D eigenvalue weighted by molar-refractivity contribution is 7.80. The van der Waals surface area contributed by atoms with E-state index in [4.69, 9.17) is 28.6 Å². The molecule has 0 unspecified atom stereocenters. The summed E-state index contributed by atoms with van der Waals surface area (Å²) in [5, 5.41) is 3.10. The molecule has 0 aliphatic carbocycles. The Morgan fingerprint density at radius 1 is 1.21 bits per heavy atom. The van der Waals surface area contributed by atoms with Gasteiger partial charge in [-0.25, -0.2) is 0 Å². The Labute approximate surface area is 180 Å². The number of ether oxygens (including phenoxy) is 1. The summed E-state index contributed by atoms with van der Waals surface area (Å²) >= 11 is 11.4. The molecule has 1 aliphatic rings. The van der Waals surface area contributed by atoms with Gasteiger partial charge >= 0.3 is 0 Å². The molecule has 0 bridgehead atoms. The van der Waals surface area contributed by atoms with Crippen LogP contribution in [-0.2, 0) is 9.59 Å². The van der Waals surface area contributed by atoms with E-state index >= 15 is 0 Å². The molecule has 0 aromatic heterocycles. The van der Waals surface area contributed by atoms with Gasteiger partial charge in [-0.2, -0.15) is 0 Å². The smallest absolute Gasteiger partial charge is 0.270 e. The number of halogens is 1. The molecule has 7 heteroatoms. The number of carbonyl (C=O) groups excluding carboxylic acids is 2. The highest BCUT2D eigenvalue weighted by Gasteiger charge is 2.34. The molecule has 1 heterocycles. The number of nitrogens with one attached hydrogen (secondary N) is 1. The molecule has 150 valence electrons. The summed E-state index contributed by atoms with van der Waals surface area (Å²) in [6.45, 7) is 5.91. The zero-order chi connectivity index (χ0) is 21.1. The van der Waals surface area contributed by atoms with Crippen molar-refractivity contribution < 1.29 is 14.3 Å². The first-order valence-corrected chi connectivity index (χ1v) is 10.0. The van der Waals surface area contributed by atoms with Crippen molar-refractivity contribution in [1.82, 2.24) is 5.32 Å². The fourth-order valence-electron chi connectivity index (χ4n) is 2.74. The Balaban J connectivity index is 1.89. The van der Waals surface area contributed by atoms with Crippen LogP contribution in [0, 0.1) is 6.92 Å². The molecule has 2 amide bonds. The van der Waals surface area contributed by atoms with Crippen molar-refractivity contribution in [3.05, 3.63) is 64.2 Å². The van der Waals surface area contributed by atoms with Gasteiger partial charge in [-0.1, -0.05) is 36.7 Å². The zero-order valence-electron chi connectivity index (χ0n) is 16.4. The van der Waals surface area contributed by atoms with Gasteiger partial charge in [-0.15, -0.1) is 0 Å². The van der Waals surface area contributed by atoms with Gasteiger partial charge in [0.25, 0.3) is 11.8 Å². The SMILES string of the molecule is CC[C@@H](C)Oc1ccc(/C=C2\C(=O)NC(=S)N(c3ccc(C)c(Cl)c3)C2=O)cc1. The van der Waals surface area contributed by atoms with Crippen molar-refractivity contribution in [2.45, 2.75) is 33.3 Å². The minimum atomic E-state index is -0.533. The van der Waals surface area contributed by atoms with Crippen LogP contribution in [-0.4, -0.2) is 23.0 Å². The Kier molecular flexibility index (Phi) is 6.35. The first-order chi connectivity index (χ1) is 13.8. The molecule has 2 aromatic rings. The number of nitrogens with zero attached hydrogens (tertiary/aromatic N) is 1. The lowest BCUT2D eigenvalue weighted by Gasteiger charge is -2.29. The van der Waals surface area contributed by atoms with Crippen LogP contribution < -0.4 is 15.0 Å². The zero-order valence-corrected chi connectivity index (χ0v) is 17.9. The minimum Gasteiger partial charge on any atom is -0.491 e. The second kappa shape index (κ2) is 8.76. The average molecular weight is 429 g/mol. The van der Waals surface area contributed by atoms with E-state index < -0.39 is 11.8 Å². The van der Waals surface area contributed by atoms with E-state index in [1.165, 1.54) is 11.0 Å². The van der Waals surface area contributed by atoms with Crippen LogP contribution in [0.5, 0.6) is 5.75 Å². The fraction of sp³-hybridized carbons (Fsp3) is 0.227. The van der Waals surface area contributed by atoms with Gasteiger partial charge in [0.15, 0.2) is 5.11 Å². The minimum absolute atomic E-state index is 0.00843. The predicted molar refractivity (Wildman–Crippen MR) is 119 cm³/mol. The molecule has 0 spiro atoms. The summed E-state index contributed by atoms with van der Waals surface area (Å²) < 4.78 is 5.76. The molecule has 1 N–H and O–H groups in total. The van der Waals surface area contributed by atoms with Crippen LogP contribution in [0.15, 0.2) is 48.0 Å². The summed E-state index contributed by atoms with van der Waals surface area (Å²) in [6.07, 6.45) is 2.55. The number of hydrogen-bond acceptors (Lipinski definition) is 4. The van der Waals surface area contributed by atoms with E-state index in [1.54, 1.807) is 30.3 Å². The maximum absolute atomic E-state index is 13.0. The van der Waals surface area contributed by atoms with Gasteiger partial charge in [-0.3, -0.25) is 19.8 Å². The van der Waals surface area contributed by atoms with Crippen molar-refractivity contribution in [1.29, 1.82) is 0 Å². The van der Waals surface area contributed by atoms with Gasteiger partial charge in [0.2, 0.25) is 0 Å². The second-order valence-corrected chi connectivity index (χ2v) is 7.59. The number of anilines is 1. The normalized spacial score (nSPS) is 16.8. The largest absolute Gasteiger partial charge is 0.491 e. The van der Waals surface area contributed by atoms with Crippen molar-refractivity contribution in [3.63, 3.8) is 0 Å². The Morgan fingerprint density at radius 3 is 2.52 bits per heavy atom. The summed E-state index contributed by atoms with van der Waals surface area (Å²) in [5.41, 5.74) is 2.07. The van der Waals surface area contributed by atoms with Crippen LogP contribution in [0.2, 0.25) is 5.02 Å². The lowest BCUT2D eigenvalue weighted by atomic mass is 10.1. The van der Waals surface area contributed by atoms with Crippen molar-refractivity contribution in [2.75, 3.05) is 4.90 Å². The van der Waals surface area contributed by atoms with E-state index in [2.05, 4.69) is 5.32 Å². The molecular formula is C22H21ClN2O3S. The molecule has 1 aliphatic heterocycles. The summed E-state index contributed by atoms with van der Waals surface area (Å²) in [6, 6.07) is 12.4. The third-order valence-corrected chi connectivity index (χ3v) is 5.31. The van der Waals surface area contributed by atoms with E-state index in [1.807, 2.05) is 32.9 Å². The number of carbonyl (C=O) groups is 2.